The van der Waals surface area contributed by atoms with Crippen molar-refractivity contribution < 1.29 is 23.1 Å². The molecule has 0 amide bonds. The summed E-state index contributed by atoms with van der Waals surface area (Å²) in [6.45, 7) is 0. The average Bonchev–Trinajstić information content (AvgIpc) is 2.37. The molecule has 104 valence electrons. The molecule has 8 heteroatoms. The van der Waals surface area contributed by atoms with Gasteiger partial charge in [0.2, 0.25) is 0 Å². The number of nitrogens with zero attached hydrogens (tertiary/aromatic N) is 1. The Balaban J connectivity index is 2.43. The summed E-state index contributed by atoms with van der Waals surface area (Å²) in [5, 5.41) is 11.0. The van der Waals surface area contributed by atoms with Crippen molar-refractivity contribution in [1.29, 1.82) is 0 Å². The highest BCUT2D eigenvalue weighted by Crippen LogP contribution is 2.27. The minimum Gasteiger partial charge on any atom is -0.478 e. The van der Waals surface area contributed by atoms with Gasteiger partial charge in [0.25, 0.3) is 0 Å². The highest BCUT2D eigenvalue weighted by molar-refractivity contribution is 9.10. The van der Waals surface area contributed by atoms with Crippen molar-refractivity contribution in [3.05, 3.63) is 51.9 Å². The van der Waals surface area contributed by atoms with E-state index in [9.17, 15) is 18.0 Å². The number of pyridine rings is 1. The van der Waals surface area contributed by atoms with Gasteiger partial charge in [-0.3, -0.25) is 0 Å². The summed E-state index contributed by atoms with van der Waals surface area (Å²) in [5.74, 6) is -4.87. The molecule has 0 saturated carbocycles. The van der Waals surface area contributed by atoms with Gasteiger partial charge >= 0.3 is 5.97 Å². The Hall–Kier alpha value is -2.09. The third-order valence-electron chi connectivity index (χ3n) is 2.38. The van der Waals surface area contributed by atoms with Crippen LogP contribution in [0.5, 0.6) is 0 Å². The van der Waals surface area contributed by atoms with Crippen molar-refractivity contribution in [2.24, 2.45) is 0 Å². The highest BCUT2D eigenvalue weighted by Gasteiger charge is 2.17. The molecule has 4 nitrogen and oxygen atoms in total. The number of nitrogens with one attached hydrogen (secondary N) is 1. The van der Waals surface area contributed by atoms with E-state index in [0.29, 0.717) is 6.07 Å². The zero-order chi connectivity index (χ0) is 14.9. The van der Waals surface area contributed by atoms with Gasteiger partial charge < -0.3 is 10.4 Å². The van der Waals surface area contributed by atoms with Gasteiger partial charge in [0, 0.05) is 12.3 Å². The van der Waals surface area contributed by atoms with Gasteiger partial charge in [0.1, 0.15) is 17.2 Å². The number of aromatic nitrogens is 1. The molecular weight excluding hydrogens is 341 g/mol. The number of carboxylic acid groups (broad SMARTS) is 1. The standard InChI is InChI=1S/C12H6BrF3N2O2/c13-6-3-9(8(15)4-7(6)14)18-11-10(16)5(12(19)20)1-2-17-11/h1-4H,(H,17,18)(H,19,20). The SMILES string of the molecule is O=C(O)c1ccnc(Nc2cc(Br)c(F)cc2F)c1F. The Bertz CT molecular complexity index is 695. The van der Waals surface area contributed by atoms with E-state index in [-0.39, 0.29) is 10.2 Å². The number of anilines is 2. The van der Waals surface area contributed by atoms with Crippen LogP contribution in [0.1, 0.15) is 10.4 Å². The molecule has 2 rings (SSSR count). The van der Waals surface area contributed by atoms with Crippen molar-refractivity contribution >= 4 is 33.4 Å². The van der Waals surface area contributed by atoms with Crippen molar-refractivity contribution in [2.75, 3.05) is 5.32 Å². The number of halogens is 4. The second-order valence-corrected chi connectivity index (χ2v) is 4.55. The molecule has 0 aliphatic rings. The highest BCUT2D eigenvalue weighted by atomic mass is 79.9. The Morgan fingerprint density at radius 2 is 1.95 bits per heavy atom. The fourth-order valence-electron chi connectivity index (χ4n) is 1.44. The predicted molar refractivity (Wildman–Crippen MR) is 68.5 cm³/mol. The van der Waals surface area contributed by atoms with Crippen LogP contribution in [0.15, 0.2) is 28.9 Å². The lowest BCUT2D eigenvalue weighted by atomic mass is 10.2. The van der Waals surface area contributed by atoms with Gasteiger partial charge in [-0.15, -0.1) is 0 Å². The molecule has 1 aromatic heterocycles. The minimum atomic E-state index is -1.48. The summed E-state index contributed by atoms with van der Waals surface area (Å²) < 4.78 is 40.4. The lowest BCUT2D eigenvalue weighted by Crippen LogP contribution is -2.06. The van der Waals surface area contributed by atoms with Crippen molar-refractivity contribution in [3.8, 4) is 0 Å². The fraction of sp³-hybridized carbons (Fsp3) is 0. The normalized spacial score (nSPS) is 10.4. The first kappa shape index (κ1) is 14.3. The monoisotopic (exact) mass is 346 g/mol. The minimum absolute atomic E-state index is 0.0313. The smallest absolute Gasteiger partial charge is 0.338 e. The Labute approximate surface area is 119 Å². The van der Waals surface area contributed by atoms with E-state index in [2.05, 4.69) is 26.2 Å². The Morgan fingerprint density at radius 1 is 1.25 bits per heavy atom. The van der Waals surface area contributed by atoms with Crippen LogP contribution in [0.25, 0.3) is 0 Å². The molecule has 0 atom stereocenters. The van der Waals surface area contributed by atoms with E-state index in [4.69, 9.17) is 5.11 Å². The molecule has 1 aromatic carbocycles. The van der Waals surface area contributed by atoms with Gasteiger partial charge in [-0.1, -0.05) is 0 Å². The van der Waals surface area contributed by atoms with Gasteiger partial charge in [0.15, 0.2) is 11.6 Å². The zero-order valence-electron chi connectivity index (χ0n) is 9.62. The average molecular weight is 347 g/mol. The summed E-state index contributed by atoms with van der Waals surface area (Å²) in [6.07, 6.45) is 1.06. The summed E-state index contributed by atoms with van der Waals surface area (Å²) in [4.78, 5) is 14.4. The molecule has 0 aliphatic carbocycles. The molecule has 0 fully saturated rings. The molecule has 2 aromatic rings. The number of hydrogen-bond donors (Lipinski definition) is 2. The van der Waals surface area contributed by atoms with Crippen LogP contribution in [0.3, 0.4) is 0 Å². The zero-order valence-corrected chi connectivity index (χ0v) is 11.2. The fourth-order valence-corrected chi connectivity index (χ4v) is 1.79. The molecule has 0 spiro atoms. The first-order valence-corrected chi connectivity index (χ1v) is 5.99. The quantitative estimate of drug-likeness (QED) is 0.831. The van der Waals surface area contributed by atoms with Crippen LogP contribution in [0.2, 0.25) is 0 Å². The number of rotatable bonds is 3. The van der Waals surface area contributed by atoms with E-state index < -0.39 is 34.8 Å². The van der Waals surface area contributed by atoms with Gasteiger partial charge in [-0.25, -0.2) is 22.9 Å². The lowest BCUT2D eigenvalue weighted by Gasteiger charge is -2.09. The van der Waals surface area contributed by atoms with Crippen molar-refractivity contribution in [2.45, 2.75) is 0 Å². The third kappa shape index (κ3) is 2.74. The van der Waals surface area contributed by atoms with E-state index in [0.717, 1.165) is 18.3 Å². The van der Waals surface area contributed by atoms with Gasteiger partial charge in [-0.2, -0.15) is 0 Å². The van der Waals surface area contributed by atoms with Crippen LogP contribution < -0.4 is 5.32 Å². The van der Waals surface area contributed by atoms with E-state index in [1.54, 1.807) is 0 Å². The summed E-state index contributed by atoms with van der Waals surface area (Å²) in [6, 6.07) is 2.63. The Kier molecular flexibility index (Phi) is 3.93. The van der Waals surface area contributed by atoms with Gasteiger partial charge in [-0.05, 0) is 28.1 Å². The third-order valence-corrected chi connectivity index (χ3v) is 2.99. The number of hydrogen-bond acceptors (Lipinski definition) is 3. The molecule has 0 radical (unpaired) electrons. The molecule has 0 saturated heterocycles. The van der Waals surface area contributed by atoms with Gasteiger partial charge in [0.05, 0.1) is 10.2 Å². The Morgan fingerprint density at radius 3 is 2.60 bits per heavy atom. The molecule has 0 bridgehead atoms. The number of aromatic carboxylic acids is 1. The first-order valence-electron chi connectivity index (χ1n) is 5.19. The molecular formula is C12H6BrF3N2O2. The van der Waals surface area contributed by atoms with Crippen LogP contribution in [0.4, 0.5) is 24.7 Å². The molecule has 0 unspecified atom stereocenters. The molecule has 1 heterocycles. The van der Waals surface area contributed by atoms with E-state index in [1.807, 2.05) is 0 Å². The summed E-state index contributed by atoms with van der Waals surface area (Å²) in [5.41, 5.74) is -0.851. The van der Waals surface area contributed by atoms with Crippen LogP contribution in [0, 0.1) is 17.5 Å². The van der Waals surface area contributed by atoms with Crippen molar-refractivity contribution in [1.82, 2.24) is 4.98 Å². The van der Waals surface area contributed by atoms with E-state index >= 15 is 0 Å². The summed E-state index contributed by atoms with van der Waals surface area (Å²) in [7, 11) is 0. The maximum Gasteiger partial charge on any atom is 0.338 e. The lowest BCUT2D eigenvalue weighted by molar-refractivity contribution is 0.0692. The predicted octanol–water partition coefficient (Wildman–Crippen LogP) is 3.70. The maximum atomic E-state index is 13.8. The molecule has 2 N–H and O–H groups in total. The second-order valence-electron chi connectivity index (χ2n) is 3.70. The van der Waals surface area contributed by atoms with Crippen molar-refractivity contribution in [3.63, 3.8) is 0 Å². The van der Waals surface area contributed by atoms with Crippen LogP contribution >= 0.6 is 15.9 Å². The number of carboxylic acids is 1. The maximum absolute atomic E-state index is 13.8. The molecule has 20 heavy (non-hydrogen) atoms. The van der Waals surface area contributed by atoms with Crippen LogP contribution in [-0.2, 0) is 0 Å². The van der Waals surface area contributed by atoms with Crippen LogP contribution in [-0.4, -0.2) is 16.1 Å². The largest absolute Gasteiger partial charge is 0.478 e. The topological polar surface area (TPSA) is 62.2 Å². The number of benzene rings is 1. The van der Waals surface area contributed by atoms with E-state index in [1.165, 1.54) is 0 Å². The first-order chi connectivity index (χ1) is 9.40. The molecule has 0 aliphatic heterocycles. The summed E-state index contributed by atoms with van der Waals surface area (Å²) >= 11 is 2.86. The second kappa shape index (κ2) is 5.49. The number of carbonyl (C=O) groups is 1.